The van der Waals surface area contributed by atoms with Gasteiger partial charge in [0, 0.05) is 42.5 Å². The van der Waals surface area contributed by atoms with Gasteiger partial charge in [0.2, 0.25) is 0 Å². The van der Waals surface area contributed by atoms with E-state index in [1.807, 2.05) is 68.9 Å². The van der Waals surface area contributed by atoms with Gasteiger partial charge < -0.3 is 9.64 Å². The van der Waals surface area contributed by atoms with Crippen LogP contribution >= 0.6 is 11.6 Å². The Morgan fingerprint density at radius 2 is 1.86 bits per heavy atom. The molecule has 1 N–H and O–H groups in total. The first-order valence-electron chi connectivity index (χ1n) is 13.7. The quantitative estimate of drug-likeness (QED) is 0.193. The van der Waals surface area contributed by atoms with Crippen LogP contribution in [0, 0.1) is 5.82 Å². The van der Waals surface area contributed by atoms with Crippen LogP contribution in [-0.2, 0) is 24.1 Å². The summed E-state index contributed by atoms with van der Waals surface area (Å²) in [4.78, 5) is 14.8. The Morgan fingerprint density at radius 1 is 1.12 bits per heavy atom. The molecule has 0 aliphatic heterocycles. The van der Waals surface area contributed by atoms with Crippen LogP contribution in [0.5, 0.6) is 11.5 Å². The largest absolute Gasteiger partial charge is 0.453 e. The number of nitrogens with zero attached hydrogens (tertiary/aromatic N) is 3. The third-order valence-corrected chi connectivity index (χ3v) is 8.52. The van der Waals surface area contributed by atoms with E-state index in [-0.39, 0.29) is 22.4 Å². The van der Waals surface area contributed by atoms with Gasteiger partial charge in [0.25, 0.3) is 5.91 Å². The third-order valence-electron chi connectivity index (χ3n) is 6.61. The number of hydrogen-bond acceptors (Lipinski definition) is 4. The molecule has 0 aliphatic carbocycles. The highest BCUT2D eigenvalue weighted by Gasteiger charge is 2.26. The summed E-state index contributed by atoms with van der Waals surface area (Å²) in [7, 11) is 0.312. The van der Waals surface area contributed by atoms with E-state index in [1.165, 1.54) is 0 Å². The summed E-state index contributed by atoms with van der Waals surface area (Å²) < 4.78 is 38.7. The van der Waals surface area contributed by atoms with Gasteiger partial charge in [0.1, 0.15) is 5.75 Å². The zero-order chi connectivity index (χ0) is 30.4. The molecule has 7 nitrogen and oxygen atoms in total. The molecule has 42 heavy (non-hydrogen) atoms. The van der Waals surface area contributed by atoms with Gasteiger partial charge in [-0.15, -0.1) is 0 Å². The lowest BCUT2D eigenvalue weighted by Crippen LogP contribution is -2.35. The average Bonchev–Trinajstić information content (AvgIpc) is 3.40. The molecule has 1 amide bonds. The number of benzene rings is 3. The molecule has 10 heteroatoms. The number of hydrogen-bond donors (Lipinski definition) is 1. The smallest absolute Gasteiger partial charge is 0.254 e. The van der Waals surface area contributed by atoms with E-state index in [4.69, 9.17) is 16.3 Å². The second-order valence-electron chi connectivity index (χ2n) is 11.1. The molecule has 1 aromatic heterocycles. The van der Waals surface area contributed by atoms with Crippen LogP contribution in [0.1, 0.15) is 67.2 Å². The Labute approximate surface area is 254 Å². The topological polar surface area (TPSA) is 76.5 Å². The van der Waals surface area contributed by atoms with Crippen LogP contribution in [0.2, 0.25) is 5.02 Å². The fraction of sp³-hybridized carbons (Fsp3) is 0.312. The lowest BCUT2D eigenvalue weighted by Gasteiger charge is -2.24. The molecule has 0 radical (unpaired) electrons. The summed E-state index contributed by atoms with van der Waals surface area (Å²) in [6, 6.07) is 19.2. The molecule has 0 bridgehead atoms. The van der Waals surface area contributed by atoms with Crippen molar-refractivity contribution in [2.24, 2.45) is 0 Å². The van der Waals surface area contributed by atoms with Crippen LogP contribution in [0.15, 0.2) is 79.1 Å². The SMILES string of the molecule is CC[C@H](NS(=O)C(C)(C)C)c1ccc(Cl)c(Oc2cccc(C(=O)N(C)Cc3cnn(Cc4ccccc4)c3)c2)c1F. The van der Waals surface area contributed by atoms with Gasteiger partial charge in [-0.3, -0.25) is 9.48 Å². The Hall–Kier alpha value is -3.53. The molecule has 0 fully saturated rings. The van der Waals surface area contributed by atoms with E-state index < -0.39 is 27.6 Å². The van der Waals surface area contributed by atoms with Gasteiger partial charge in [-0.2, -0.15) is 5.10 Å². The van der Waals surface area contributed by atoms with E-state index in [0.29, 0.717) is 30.6 Å². The Balaban J connectivity index is 1.47. The fourth-order valence-electron chi connectivity index (χ4n) is 4.30. The first kappa shape index (κ1) is 31.4. The van der Waals surface area contributed by atoms with Crippen molar-refractivity contribution in [3.63, 3.8) is 0 Å². The summed E-state index contributed by atoms with van der Waals surface area (Å²) in [5.41, 5.74) is 2.71. The minimum atomic E-state index is -1.40. The first-order chi connectivity index (χ1) is 20.0. The molecule has 0 spiro atoms. The normalized spacial score (nSPS) is 13.0. The maximum atomic E-state index is 15.7. The van der Waals surface area contributed by atoms with Crippen molar-refractivity contribution in [3.8, 4) is 11.5 Å². The number of carbonyl (C=O) groups is 1. The molecule has 4 rings (SSSR count). The monoisotopic (exact) mass is 610 g/mol. The van der Waals surface area contributed by atoms with E-state index >= 15 is 4.39 Å². The van der Waals surface area contributed by atoms with Crippen molar-refractivity contribution in [1.29, 1.82) is 0 Å². The van der Waals surface area contributed by atoms with Crippen molar-refractivity contribution >= 4 is 28.5 Å². The summed E-state index contributed by atoms with van der Waals surface area (Å²) >= 11 is 6.35. The Kier molecular flexibility index (Phi) is 10.2. The number of nitrogens with one attached hydrogen (secondary N) is 1. The van der Waals surface area contributed by atoms with Gasteiger partial charge >= 0.3 is 0 Å². The number of amides is 1. The molecule has 1 unspecified atom stereocenters. The standard InChI is InChI=1S/C32H36ClFN4O3S/c1-6-28(36-42(40)32(2,3)4)26-15-16-27(33)30(29(26)34)41-25-14-10-13-24(17-25)31(39)37(5)19-23-18-35-38(21-23)20-22-11-8-7-9-12-22/h7-18,21,28,36H,6,19-20H2,1-5H3/t28-,42?/m0/s1. The average molecular weight is 611 g/mol. The van der Waals surface area contributed by atoms with E-state index in [2.05, 4.69) is 9.82 Å². The maximum Gasteiger partial charge on any atom is 0.254 e. The molecule has 2 atom stereocenters. The van der Waals surface area contributed by atoms with Crippen molar-refractivity contribution in [1.82, 2.24) is 19.4 Å². The van der Waals surface area contributed by atoms with Gasteiger partial charge in [0.15, 0.2) is 11.6 Å². The highest BCUT2D eigenvalue weighted by Crippen LogP contribution is 2.37. The van der Waals surface area contributed by atoms with Crippen LogP contribution in [0.3, 0.4) is 0 Å². The zero-order valence-electron chi connectivity index (χ0n) is 24.4. The van der Waals surface area contributed by atoms with E-state index in [0.717, 1.165) is 11.1 Å². The minimum absolute atomic E-state index is 0.0874. The summed E-state index contributed by atoms with van der Waals surface area (Å²) in [5, 5.41) is 4.50. The predicted octanol–water partition coefficient (Wildman–Crippen LogP) is 7.29. The summed E-state index contributed by atoms with van der Waals surface area (Å²) in [6.07, 6.45) is 4.17. The number of halogens is 2. The summed E-state index contributed by atoms with van der Waals surface area (Å²) in [5.74, 6) is -0.757. The molecule has 3 aromatic carbocycles. The van der Waals surface area contributed by atoms with Crippen molar-refractivity contribution in [2.75, 3.05) is 7.05 Å². The fourth-order valence-corrected chi connectivity index (χ4v) is 5.39. The van der Waals surface area contributed by atoms with Gasteiger partial charge in [-0.25, -0.2) is 13.3 Å². The van der Waals surface area contributed by atoms with Crippen molar-refractivity contribution in [3.05, 3.63) is 112 Å². The first-order valence-corrected chi connectivity index (χ1v) is 15.2. The van der Waals surface area contributed by atoms with Crippen LogP contribution in [-0.4, -0.2) is 36.6 Å². The van der Waals surface area contributed by atoms with Crippen molar-refractivity contribution < 1.29 is 18.1 Å². The van der Waals surface area contributed by atoms with Crippen LogP contribution in [0.4, 0.5) is 4.39 Å². The molecular formula is C32H36ClFN4O3S. The molecule has 4 aromatic rings. The maximum absolute atomic E-state index is 15.7. The highest BCUT2D eigenvalue weighted by atomic mass is 35.5. The van der Waals surface area contributed by atoms with E-state index in [9.17, 15) is 9.00 Å². The zero-order valence-corrected chi connectivity index (χ0v) is 26.0. The number of rotatable bonds is 11. The molecular weight excluding hydrogens is 575 g/mol. The second-order valence-corrected chi connectivity index (χ2v) is 13.5. The molecule has 222 valence electrons. The van der Waals surface area contributed by atoms with Gasteiger partial charge in [-0.05, 0) is 57.0 Å². The Morgan fingerprint density at radius 3 is 2.55 bits per heavy atom. The van der Waals surface area contributed by atoms with Crippen molar-refractivity contribution in [2.45, 2.75) is 58.0 Å². The second kappa shape index (κ2) is 13.6. The lowest BCUT2D eigenvalue weighted by molar-refractivity contribution is 0.0784. The number of aromatic nitrogens is 2. The van der Waals surface area contributed by atoms with E-state index in [1.54, 1.807) is 54.5 Å². The molecule has 0 saturated heterocycles. The lowest BCUT2D eigenvalue weighted by atomic mass is 10.0. The highest BCUT2D eigenvalue weighted by molar-refractivity contribution is 7.84. The van der Waals surface area contributed by atoms with Crippen LogP contribution in [0.25, 0.3) is 0 Å². The predicted molar refractivity (Wildman–Crippen MR) is 166 cm³/mol. The molecule has 0 aliphatic rings. The number of carbonyl (C=O) groups excluding carboxylic acids is 1. The molecule has 0 saturated carbocycles. The Bertz CT molecular complexity index is 1560. The minimum Gasteiger partial charge on any atom is -0.453 e. The summed E-state index contributed by atoms with van der Waals surface area (Å²) in [6.45, 7) is 8.43. The van der Waals surface area contributed by atoms with Gasteiger partial charge in [0.05, 0.1) is 33.5 Å². The van der Waals surface area contributed by atoms with Crippen LogP contribution < -0.4 is 9.46 Å². The number of ether oxygens (including phenoxy) is 1. The molecule has 1 heterocycles. The van der Waals surface area contributed by atoms with Gasteiger partial charge in [-0.1, -0.05) is 61.0 Å². The third kappa shape index (κ3) is 7.85.